The van der Waals surface area contributed by atoms with Crippen molar-refractivity contribution in [2.75, 3.05) is 12.4 Å². The highest BCUT2D eigenvalue weighted by Crippen LogP contribution is 2.24. The van der Waals surface area contributed by atoms with E-state index in [0.717, 1.165) is 6.07 Å². The SMILES string of the molecule is COc1ccc(F)cc1NC(=O)C(C)NC(=O)c1ccccc1. The molecule has 1 unspecified atom stereocenters. The summed E-state index contributed by atoms with van der Waals surface area (Å²) in [5.74, 6) is -0.999. The molecule has 0 spiro atoms. The summed E-state index contributed by atoms with van der Waals surface area (Å²) in [7, 11) is 1.42. The van der Waals surface area contributed by atoms with Gasteiger partial charge in [0, 0.05) is 11.6 Å². The number of carbonyl (C=O) groups is 2. The molecule has 2 amide bonds. The quantitative estimate of drug-likeness (QED) is 0.891. The Morgan fingerprint density at radius 3 is 2.48 bits per heavy atom. The largest absolute Gasteiger partial charge is 0.495 e. The molecule has 0 saturated heterocycles. The lowest BCUT2D eigenvalue weighted by molar-refractivity contribution is -0.117. The molecular formula is C17H17FN2O3. The zero-order chi connectivity index (χ0) is 16.8. The van der Waals surface area contributed by atoms with Crippen LogP contribution in [-0.2, 0) is 4.79 Å². The van der Waals surface area contributed by atoms with Crippen molar-refractivity contribution in [2.24, 2.45) is 0 Å². The Hall–Kier alpha value is -2.89. The van der Waals surface area contributed by atoms with Crippen LogP contribution in [0, 0.1) is 5.82 Å². The highest BCUT2D eigenvalue weighted by Gasteiger charge is 2.18. The normalized spacial score (nSPS) is 11.4. The minimum absolute atomic E-state index is 0.207. The zero-order valence-corrected chi connectivity index (χ0v) is 12.8. The molecule has 5 nitrogen and oxygen atoms in total. The van der Waals surface area contributed by atoms with Gasteiger partial charge in [0.1, 0.15) is 17.6 Å². The van der Waals surface area contributed by atoms with E-state index in [9.17, 15) is 14.0 Å². The number of methoxy groups -OCH3 is 1. The van der Waals surface area contributed by atoms with E-state index in [-0.39, 0.29) is 11.6 Å². The van der Waals surface area contributed by atoms with E-state index < -0.39 is 17.8 Å². The van der Waals surface area contributed by atoms with Crippen LogP contribution in [0.15, 0.2) is 48.5 Å². The highest BCUT2D eigenvalue weighted by atomic mass is 19.1. The number of hydrogen-bond acceptors (Lipinski definition) is 3. The number of amides is 2. The van der Waals surface area contributed by atoms with Crippen LogP contribution >= 0.6 is 0 Å². The zero-order valence-electron chi connectivity index (χ0n) is 12.8. The van der Waals surface area contributed by atoms with Crippen molar-refractivity contribution in [1.82, 2.24) is 5.32 Å². The Morgan fingerprint density at radius 2 is 1.83 bits per heavy atom. The van der Waals surface area contributed by atoms with Crippen LogP contribution in [-0.4, -0.2) is 25.0 Å². The highest BCUT2D eigenvalue weighted by molar-refractivity contribution is 6.01. The van der Waals surface area contributed by atoms with Crippen LogP contribution in [0.4, 0.5) is 10.1 Å². The number of nitrogens with one attached hydrogen (secondary N) is 2. The van der Waals surface area contributed by atoms with Crippen LogP contribution in [0.2, 0.25) is 0 Å². The summed E-state index contributed by atoms with van der Waals surface area (Å²) < 4.78 is 18.4. The van der Waals surface area contributed by atoms with Crippen LogP contribution in [0.5, 0.6) is 5.75 Å². The summed E-state index contributed by atoms with van der Waals surface area (Å²) in [6.45, 7) is 1.54. The van der Waals surface area contributed by atoms with Crippen molar-refractivity contribution in [1.29, 1.82) is 0 Å². The van der Waals surface area contributed by atoms with Gasteiger partial charge in [-0.25, -0.2) is 4.39 Å². The fourth-order valence-electron chi connectivity index (χ4n) is 1.95. The molecule has 2 rings (SSSR count). The van der Waals surface area contributed by atoms with Gasteiger partial charge in [0.2, 0.25) is 5.91 Å². The van der Waals surface area contributed by atoms with Crippen molar-refractivity contribution in [3.8, 4) is 5.75 Å². The van der Waals surface area contributed by atoms with Gasteiger partial charge in [0.25, 0.3) is 5.91 Å². The van der Waals surface area contributed by atoms with Gasteiger partial charge in [-0.2, -0.15) is 0 Å². The molecule has 0 aliphatic carbocycles. The van der Waals surface area contributed by atoms with E-state index in [4.69, 9.17) is 4.74 Å². The first-order chi connectivity index (χ1) is 11.0. The number of hydrogen-bond donors (Lipinski definition) is 2. The molecule has 0 aliphatic rings. The molecule has 0 aliphatic heterocycles. The average Bonchev–Trinajstić information content (AvgIpc) is 2.55. The molecule has 0 aromatic heterocycles. The monoisotopic (exact) mass is 316 g/mol. The molecule has 2 N–H and O–H groups in total. The van der Waals surface area contributed by atoms with Gasteiger partial charge in [0.05, 0.1) is 12.8 Å². The second-order valence-electron chi connectivity index (χ2n) is 4.90. The topological polar surface area (TPSA) is 67.4 Å². The van der Waals surface area contributed by atoms with Crippen LogP contribution in [0.25, 0.3) is 0 Å². The van der Waals surface area contributed by atoms with Crippen molar-refractivity contribution in [2.45, 2.75) is 13.0 Å². The van der Waals surface area contributed by atoms with Gasteiger partial charge in [0.15, 0.2) is 0 Å². The van der Waals surface area contributed by atoms with Crippen molar-refractivity contribution in [3.05, 3.63) is 59.9 Å². The fraction of sp³-hybridized carbons (Fsp3) is 0.176. The lowest BCUT2D eigenvalue weighted by Gasteiger charge is -2.16. The molecule has 23 heavy (non-hydrogen) atoms. The van der Waals surface area contributed by atoms with E-state index in [2.05, 4.69) is 10.6 Å². The summed E-state index contributed by atoms with van der Waals surface area (Å²) in [4.78, 5) is 24.2. The van der Waals surface area contributed by atoms with Gasteiger partial charge < -0.3 is 15.4 Å². The summed E-state index contributed by atoms with van der Waals surface area (Å²) in [6, 6.07) is 11.6. The van der Waals surface area contributed by atoms with Gasteiger partial charge in [-0.05, 0) is 31.2 Å². The number of ether oxygens (including phenoxy) is 1. The van der Waals surface area contributed by atoms with Crippen molar-refractivity contribution >= 4 is 17.5 Å². The Kier molecular flexibility index (Phi) is 5.30. The lowest BCUT2D eigenvalue weighted by atomic mass is 10.2. The Bertz CT molecular complexity index is 704. The van der Waals surface area contributed by atoms with Crippen LogP contribution < -0.4 is 15.4 Å². The molecular weight excluding hydrogens is 299 g/mol. The Labute approximate surface area is 133 Å². The molecule has 6 heteroatoms. The lowest BCUT2D eigenvalue weighted by Crippen LogP contribution is -2.41. The van der Waals surface area contributed by atoms with E-state index in [1.54, 1.807) is 37.3 Å². The molecule has 2 aromatic carbocycles. The molecule has 2 aromatic rings. The summed E-state index contributed by atoms with van der Waals surface area (Å²) in [6.07, 6.45) is 0. The second-order valence-corrected chi connectivity index (χ2v) is 4.90. The first-order valence-electron chi connectivity index (χ1n) is 7.01. The minimum Gasteiger partial charge on any atom is -0.495 e. The van der Waals surface area contributed by atoms with E-state index in [1.807, 2.05) is 0 Å². The molecule has 0 radical (unpaired) electrons. The summed E-state index contributed by atoms with van der Waals surface area (Å²) in [5, 5.41) is 5.12. The van der Waals surface area contributed by atoms with E-state index in [1.165, 1.54) is 19.2 Å². The third-order valence-corrected chi connectivity index (χ3v) is 3.20. The maximum absolute atomic E-state index is 13.3. The summed E-state index contributed by atoms with van der Waals surface area (Å²) in [5.41, 5.74) is 0.661. The van der Waals surface area contributed by atoms with Gasteiger partial charge in [-0.1, -0.05) is 18.2 Å². The number of halogens is 1. The first kappa shape index (κ1) is 16.5. The Balaban J connectivity index is 2.03. The third kappa shape index (κ3) is 4.29. The first-order valence-corrected chi connectivity index (χ1v) is 7.01. The smallest absolute Gasteiger partial charge is 0.251 e. The number of anilines is 1. The van der Waals surface area contributed by atoms with Crippen molar-refractivity contribution < 1.29 is 18.7 Å². The maximum atomic E-state index is 13.3. The van der Waals surface area contributed by atoms with Crippen molar-refractivity contribution in [3.63, 3.8) is 0 Å². The Morgan fingerprint density at radius 1 is 1.13 bits per heavy atom. The third-order valence-electron chi connectivity index (χ3n) is 3.20. The molecule has 120 valence electrons. The number of benzene rings is 2. The molecule has 0 heterocycles. The average molecular weight is 316 g/mol. The van der Waals surface area contributed by atoms with E-state index in [0.29, 0.717) is 11.3 Å². The predicted octanol–water partition coefficient (Wildman–Crippen LogP) is 2.59. The second kappa shape index (κ2) is 7.40. The molecule has 0 bridgehead atoms. The van der Waals surface area contributed by atoms with E-state index >= 15 is 0 Å². The molecule has 1 atom stereocenters. The van der Waals surface area contributed by atoms with Crippen LogP contribution in [0.1, 0.15) is 17.3 Å². The predicted molar refractivity (Wildman–Crippen MR) is 85.0 cm³/mol. The molecule has 0 saturated carbocycles. The standard InChI is InChI=1S/C17H17FN2O3/c1-11(19-17(22)12-6-4-3-5-7-12)16(21)20-14-10-13(18)8-9-15(14)23-2/h3-11H,1-2H3,(H,19,22)(H,20,21). The van der Waals surface area contributed by atoms with Gasteiger partial charge in [-0.15, -0.1) is 0 Å². The molecule has 0 fully saturated rings. The fourth-order valence-corrected chi connectivity index (χ4v) is 1.95. The van der Waals surface area contributed by atoms with Gasteiger partial charge >= 0.3 is 0 Å². The number of carbonyl (C=O) groups excluding carboxylic acids is 2. The van der Waals surface area contributed by atoms with Gasteiger partial charge in [-0.3, -0.25) is 9.59 Å². The summed E-state index contributed by atoms with van der Waals surface area (Å²) >= 11 is 0. The van der Waals surface area contributed by atoms with Crippen LogP contribution in [0.3, 0.4) is 0 Å². The number of rotatable bonds is 5. The minimum atomic E-state index is -0.796. The maximum Gasteiger partial charge on any atom is 0.251 e.